The second kappa shape index (κ2) is 7.01. The molecule has 0 radical (unpaired) electrons. The third-order valence-corrected chi connectivity index (χ3v) is 4.03. The second-order valence-electron chi connectivity index (χ2n) is 5.67. The van der Waals surface area contributed by atoms with Crippen LogP contribution in [0.1, 0.15) is 42.6 Å². The largest absolute Gasteiger partial charge is 0.350 e. The maximum absolute atomic E-state index is 11.9. The molecule has 0 aromatic carbocycles. The molecular formula is C15H21N5O3. The van der Waals surface area contributed by atoms with Gasteiger partial charge in [0.15, 0.2) is 6.29 Å². The quantitative estimate of drug-likeness (QED) is 0.834. The third-order valence-electron chi connectivity index (χ3n) is 4.03. The lowest BCUT2D eigenvalue weighted by Gasteiger charge is -2.22. The Morgan fingerprint density at radius 1 is 1.48 bits per heavy atom. The first-order valence-corrected chi connectivity index (χ1v) is 7.87. The van der Waals surface area contributed by atoms with Gasteiger partial charge in [0.1, 0.15) is 6.33 Å². The minimum Gasteiger partial charge on any atom is -0.350 e. The Labute approximate surface area is 134 Å². The molecule has 1 saturated heterocycles. The first-order valence-electron chi connectivity index (χ1n) is 7.87. The Hall–Kier alpha value is -2.06. The van der Waals surface area contributed by atoms with Gasteiger partial charge in [-0.25, -0.2) is 19.8 Å². The highest BCUT2D eigenvalue weighted by atomic mass is 16.8. The maximum atomic E-state index is 11.9. The van der Waals surface area contributed by atoms with E-state index in [0.717, 1.165) is 36.2 Å². The molecule has 1 unspecified atom stereocenters. The number of ether oxygens (including phenoxy) is 1. The summed E-state index contributed by atoms with van der Waals surface area (Å²) in [6.07, 6.45) is 4.95. The highest BCUT2D eigenvalue weighted by Gasteiger charge is 2.16. The van der Waals surface area contributed by atoms with Gasteiger partial charge in [-0.3, -0.25) is 4.79 Å². The summed E-state index contributed by atoms with van der Waals surface area (Å²) in [6, 6.07) is 0. The van der Waals surface area contributed by atoms with Crippen LogP contribution in [0.2, 0.25) is 0 Å². The molecule has 3 heterocycles. The van der Waals surface area contributed by atoms with E-state index in [1.807, 2.05) is 13.8 Å². The third kappa shape index (κ3) is 3.65. The lowest BCUT2D eigenvalue weighted by molar-refractivity contribution is -0.200. The molecule has 0 spiro atoms. The number of nitrogens with zero attached hydrogens (tertiary/aromatic N) is 4. The Morgan fingerprint density at radius 3 is 3.13 bits per heavy atom. The molecule has 2 aromatic heterocycles. The Kier molecular flexibility index (Phi) is 4.82. The van der Waals surface area contributed by atoms with E-state index in [9.17, 15) is 4.79 Å². The normalized spacial score (nSPS) is 18.3. The molecule has 1 aliphatic heterocycles. The van der Waals surface area contributed by atoms with E-state index < -0.39 is 0 Å². The molecule has 1 atom stereocenters. The number of carbonyl (C=O) groups is 1. The van der Waals surface area contributed by atoms with E-state index in [4.69, 9.17) is 9.57 Å². The van der Waals surface area contributed by atoms with Gasteiger partial charge in [0.05, 0.1) is 0 Å². The molecule has 124 valence electrons. The number of fused-ring (bicyclic) bond motifs is 1. The summed E-state index contributed by atoms with van der Waals surface area (Å²) in [5.74, 6) is 0.405. The number of hydrogen-bond donors (Lipinski definition) is 1. The van der Waals surface area contributed by atoms with Crippen molar-refractivity contribution in [2.24, 2.45) is 0 Å². The van der Waals surface area contributed by atoms with Crippen LogP contribution in [0.3, 0.4) is 0 Å². The molecule has 1 fully saturated rings. The molecule has 8 nitrogen and oxygen atoms in total. The van der Waals surface area contributed by atoms with Crippen LogP contribution in [-0.4, -0.2) is 38.4 Å². The maximum Gasteiger partial charge on any atom is 0.252 e. The van der Waals surface area contributed by atoms with E-state index in [2.05, 4.69) is 20.5 Å². The van der Waals surface area contributed by atoms with Crippen molar-refractivity contribution < 1.29 is 14.4 Å². The van der Waals surface area contributed by atoms with Crippen LogP contribution in [0.15, 0.2) is 6.33 Å². The van der Waals surface area contributed by atoms with Crippen LogP contribution in [0.25, 0.3) is 5.78 Å². The molecule has 0 aliphatic carbocycles. The van der Waals surface area contributed by atoms with E-state index >= 15 is 0 Å². The summed E-state index contributed by atoms with van der Waals surface area (Å²) >= 11 is 0. The molecule has 8 heteroatoms. The molecule has 0 bridgehead atoms. The van der Waals surface area contributed by atoms with E-state index in [1.54, 1.807) is 4.52 Å². The number of hydroxylamine groups is 1. The zero-order valence-electron chi connectivity index (χ0n) is 13.4. The van der Waals surface area contributed by atoms with Crippen molar-refractivity contribution in [1.82, 2.24) is 25.1 Å². The molecule has 2 aromatic rings. The first-order chi connectivity index (χ1) is 11.1. The van der Waals surface area contributed by atoms with Gasteiger partial charge in [-0.05, 0) is 38.7 Å². The number of aryl methyl sites for hydroxylation is 2. The molecule has 23 heavy (non-hydrogen) atoms. The minimum atomic E-state index is -0.329. The number of aromatic nitrogens is 4. The molecular weight excluding hydrogens is 298 g/mol. The molecule has 1 amide bonds. The first kappa shape index (κ1) is 15.8. The average Bonchev–Trinajstić information content (AvgIpc) is 3.02. The second-order valence-corrected chi connectivity index (χ2v) is 5.67. The number of hydrogen-bond acceptors (Lipinski definition) is 6. The fraction of sp³-hybridized carbons (Fsp3) is 0.600. The molecule has 0 saturated carbocycles. The van der Waals surface area contributed by atoms with E-state index in [1.165, 1.54) is 6.33 Å². The van der Waals surface area contributed by atoms with Crippen LogP contribution < -0.4 is 5.48 Å². The van der Waals surface area contributed by atoms with Gasteiger partial charge in [-0.15, -0.1) is 0 Å². The van der Waals surface area contributed by atoms with Crippen molar-refractivity contribution in [2.75, 3.05) is 6.61 Å². The minimum absolute atomic E-state index is 0.170. The summed E-state index contributed by atoms with van der Waals surface area (Å²) in [5, 5.41) is 4.15. The van der Waals surface area contributed by atoms with Gasteiger partial charge in [0, 0.05) is 30.8 Å². The summed E-state index contributed by atoms with van der Waals surface area (Å²) in [4.78, 5) is 25.7. The van der Waals surface area contributed by atoms with Crippen LogP contribution in [0.4, 0.5) is 0 Å². The summed E-state index contributed by atoms with van der Waals surface area (Å²) in [7, 11) is 0. The number of carbonyl (C=O) groups excluding carboxylic acids is 1. The number of nitrogens with one attached hydrogen (secondary N) is 1. The highest BCUT2D eigenvalue weighted by molar-refractivity contribution is 5.75. The Morgan fingerprint density at radius 2 is 2.35 bits per heavy atom. The van der Waals surface area contributed by atoms with Gasteiger partial charge in [0.25, 0.3) is 5.78 Å². The van der Waals surface area contributed by atoms with Gasteiger partial charge < -0.3 is 4.74 Å². The monoisotopic (exact) mass is 319 g/mol. The van der Waals surface area contributed by atoms with Crippen LogP contribution in [0, 0.1) is 13.8 Å². The molecule has 1 N–H and O–H groups in total. The highest BCUT2D eigenvalue weighted by Crippen LogP contribution is 2.15. The zero-order valence-corrected chi connectivity index (χ0v) is 13.4. The predicted octanol–water partition coefficient (Wildman–Crippen LogP) is 1.25. The van der Waals surface area contributed by atoms with Crippen LogP contribution >= 0.6 is 0 Å². The van der Waals surface area contributed by atoms with Gasteiger partial charge in [-0.2, -0.15) is 10.1 Å². The van der Waals surface area contributed by atoms with Gasteiger partial charge in [0.2, 0.25) is 5.91 Å². The summed E-state index contributed by atoms with van der Waals surface area (Å²) in [5.41, 5.74) is 5.30. The fourth-order valence-corrected chi connectivity index (χ4v) is 2.74. The Bertz CT molecular complexity index is 694. The topological polar surface area (TPSA) is 90.6 Å². The van der Waals surface area contributed by atoms with Crippen molar-refractivity contribution in [2.45, 2.75) is 52.2 Å². The molecule has 1 aliphatic rings. The zero-order chi connectivity index (χ0) is 16.2. The summed E-state index contributed by atoms with van der Waals surface area (Å²) in [6.45, 7) is 4.56. The number of rotatable bonds is 5. The standard InChI is InChI=1S/C15H21N5O3/c1-10-12(11(2)20-15(18-10)16-9-17-20)6-7-13(21)19-23-14-5-3-4-8-22-14/h9,14H,3-8H2,1-2H3,(H,19,21). The van der Waals surface area contributed by atoms with Crippen molar-refractivity contribution in [3.63, 3.8) is 0 Å². The van der Waals surface area contributed by atoms with Gasteiger partial charge >= 0.3 is 0 Å². The Balaban J connectivity index is 1.56. The average molecular weight is 319 g/mol. The van der Waals surface area contributed by atoms with E-state index in [0.29, 0.717) is 25.2 Å². The van der Waals surface area contributed by atoms with Crippen molar-refractivity contribution >= 4 is 11.7 Å². The molecule has 3 rings (SSSR count). The van der Waals surface area contributed by atoms with Crippen molar-refractivity contribution in [3.05, 3.63) is 23.3 Å². The smallest absolute Gasteiger partial charge is 0.252 e. The lowest BCUT2D eigenvalue weighted by atomic mass is 10.1. The lowest BCUT2D eigenvalue weighted by Crippen LogP contribution is -2.33. The van der Waals surface area contributed by atoms with E-state index in [-0.39, 0.29) is 12.2 Å². The predicted molar refractivity (Wildman–Crippen MR) is 81.4 cm³/mol. The van der Waals surface area contributed by atoms with Crippen LogP contribution in [-0.2, 0) is 20.8 Å². The SMILES string of the molecule is Cc1nc2ncnn2c(C)c1CCC(=O)NOC1CCCCO1. The van der Waals surface area contributed by atoms with Gasteiger partial charge in [-0.1, -0.05) is 0 Å². The van der Waals surface area contributed by atoms with Crippen molar-refractivity contribution in [3.8, 4) is 0 Å². The van der Waals surface area contributed by atoms with Crippen LogP contribution in [0.5, 0.6) is 0 Å². The van der Waals surface area contributed by atoms with Crippen molar-refractivity contribution in [1.29, 1.82) is 0 Å². The summed E-state index contributed by atoms with van der Waals surface area (Å²) < 4.78 is 7.09. The number of amides is 1. The fourth-order valence-electron chi connectivity index (χ4n) is 2.74.